The van der Waals surface area contributed by atoms with Gasteiger partial charge in [0.1, 0.15) is 5.82 Å². The fourth-order valence-corrected chi connectivity index (χ4v) is 1.79. The van der Waals surface area contributed by atoms with Gasteiger partial charge in [-0.3, -0.25) is 0 Å². The first kappa shape index (κ1) is 9.16. The maximum atomic E-state index is 13.2. The van der Waals surface area contributed by atoms with Gasteiger partial charge in [-0.1, -0.05) is 15.9 Å². The summed E-state index contributed by atoms with van der Waals surface area (Å²) in [5.41, 5.74) is 0.414. The molecule has 1 saturated carbocycles. The fraction of sp³-hybridized carbons (Fsp3) is 0.400. The van der Waals surface area contributed by atoms with Crippen molar-refractivity contribution < 1.29 is 9.50 Å². The van der Waals surface area contributed by atoms with E-state index in [1.807, 2.05) is 0 Å². The molecule has 13 heavy (non-hydrogen) atoms. The highest BCUT2D eigenvalue weighted by Crippen LogP contribution is 2.41. The van der Waals surface area contributed by atoms with Gasteiger partial charge in [-0.25, -0.2) is 4.39 Å². The summed E-state index contributed by atoms with van der Waals surface area (Å²) in [6, 6.07) is 4.67. The molecule has 1 aliphatic rings. The summed E-state index contributed by atoms with van der Waals surface area (Å²) in [4.78, 5) is 0. The average Bonchev–Trinajstić information content (AvgIpc) is 2.91. The average molecular weight is 245 g/mol. The summed E-state index contributed by atoms with van der Waals surface area (Å²) in [5, 5.41) is 9.70. The molecule has 1 aromatic rings. The lowest BCUT2D eigenvalue weighted by Crippen LogP contribution is -2.02. The van der Waals surface area contributed by atoms with E-state index in [-0.39, 0.29) is 11.7 Å². The van der Waals surface area contributed by atoms with Gasteiger partial charge >= 0.3 is 0 Å². The third-order valence-corrected chi connectivity index (χ3v) is 2.84. The van der Waals surface area contributed by atoms with Crippen molar-refractivity contribution in [3.8, 4) is 0 Å². The first-order chi connectivity index (χ1) is 6.18. The Balaban J connectivity index is 2.31. The van der Waals surface area contributed by atoms with Crippen molar-refractivity contribution in [2.24, 2.45) is 5.92 Å². The Kier molecular flexibility index (Phi) is 2.39. The normalized spacial score (nSPS) is 18.7. The van der Waals surface area contributed by atoms with Gasteiger partial charge in [0.2, 0.25) is 0 Å². The van der Waals surface area contributed by atoms with Gasteiger partial charge in [0, 0.05) is 10.0 Å². The molecule has 1 aliphatic carbocycles. The zero-order chi connectivity index (χ0) is 9.42. The van der Waals surface area contributed by atoms with Crippen LogP contribution in [-0.4, -0.2) is 5.11 Å². The SMILES string of the molecule is OC(c1cc(Br)ccc1F)C1CC1. The van der Waals surface area contributed by atoms with Gasteiger partial charge in [0.25, 0.3) is 0 Å². The molecule has 1 fully saturated rings. The Morgan fingerprint density at radius 2 is 2.15 bits per heavy atom. The van der Waals surface area contributed by atoms with Crippen molar-refractivity contribution in [1.29, 1.82) is 0 Å². The second-order valence-electron chi connectivity index (χ2n) is 3.45. The van der Waals surface area contributed by atoms with Crippen molar-refractivity contribution in [3.63, 3.8) is 0 Å². The summed E-state index contributed by atoms with van der Waals surface area (Å²) >= 11 is 3.26. The smallest absolute Gasteiger partial charge is 0.129 e. The van der Waals surface area contributed by atoms with Crippen LogP contribution >= 0.6 is 15.9 Å². The van der Waals surface area contributed by atoms with E-state index in [1.165, 1.54) is 6.07 Å². The molecule has 0 bridgehead atoms. The molecule has 0 saturated heterocycles. The number of rotatable bonds is 2. The highest BCUT2D eigenvalue weighted by molar-refractivity contribution is 9.10. The molecule has 3 heteroatoms. The molecule has 0 radical (unpaired) electrons. The van der Waals surface area contributed by atoms with Gasteiger partial charge in [0.05, 0.1) is 6.10 Å². The van der Waals surface area contributed by atoms with E-state index in [4.69, 9.17) is 0 Å². The summed E-state index contributed by atoms with van der Waals surface area (Å²) in [6.45, 7) is 0. The molecule has 1 unspecified atom stereocenters. The highest BCUT2D eigenvalue weighted by Gasteiger charge is 2.32. The van der Waals surface area contributed by atoms with Gasteiger partial charge in [0.15, 0.2) is 0 Å². The largest absolute Gasteiger partial charge is 0.388 e. The van der Waals surface area contributed by atoms with Crippen LogP contribution in [0.3, 0.4) is 0 Å². The van der Waals surface area contributed by atoms with E-state index >= 15 is 0 Å². The molecule has 0 aliphatic heterocycles. The van der Waals surface area contributed by atoms with Crippen LogP contribution < -0.4 is 0 Å². The molecular formula is C10H10BrFO. The van der Waals surface area contributed by atoms with Crippen LogP contribution in [0.2, 0.25) is 0 Å². The van der Waals surface area contributed by atoms with E-state index in [9.17, 15) is 9.50 Å². The van der Waals surface area contributed by atoms with Crippen LogP contribution in [0.15, 0.2) is 22.7 Å². The molecule has 70 valence electrons. The van der Waals surface area contributed by atoms with Crippen LogP contribution in [0.5, 0.6) is 0 Å². The lowest BCUT2D eigenvalue weighted by atomic mass is 10.1. The second-order valence-corrected chi connectivity index (χ2v) is 4.36. The summed E-state index contributed by atoms with van der Waals surface area (Å²) in [7, 11) is 0. The van der Waals surface area contributed by atoms with E-state index in [0.29, 0.717) is 5.56 Å². The third kappa shape index (κ3) is 1.92. The Morgan fingerprint density at radius 3 is 2.77 bits per heavy atom. The van der Waals surface area contributed by atoms with Crippen molar-refractivity contribution >= 4 is 15.9 Å². The molecule has 0 spiro atoms. The van der Waals surface area contributed by atoms with Crippen molar-refractivity contribution in [1.82, 2.24) is 0 Å². The lowest BCUT2D eigenvalue weighted by molar-refractivity contribution is 0.149. The van der Waals surface area contributed by atoms with E-state index in [0.717, 1.165) is 17.3 Å². The molecule has 1 nitrogen and oxygen atoms in total. The van der Waals surface area contributed by atoms with Gasteiger partial charge < -0.3 is 5.11 Å². The fourth-order valence-electron chi connectivity index (χ4n) is 1.41. The predicted octanol–water partition coefficient (Wildman–Crippen LogP) is 3.03. The summed E-state index contributed by atoms with van der Waals surface area (Å²) in [6.07, 6.45) is 1.39. The van der Waals surface area contributed by atoms with Crippen LogP contribution in [-0.2, 0) is 0 Å². The lowest BCUT2D eigenvalue weighted by Gasteiger charge is -2.10. The quantitative estimate of drug-likeness (QED) is 0.849. The van der Waals surface area contributed by atoms with E-state index in [2.05, 4.69) is 15.9 Å². The number of halogens is 2. The topological polar surface area (TPSA) is 20.2 Å². The molecule has 0 aromatic heterocycles. The third-order valence-electron chi connectivity index (χ3n) is 2.35. The molecule has 1 N–H and O–H groups in total. The Labute approximate surface area is 84.7 Å². The van der Waals surface area contributed by atoms with Crippen molar-refractivity contribution in [3.05, 3.63) is 34.1 Å². The summed E-state index contributed by atoms with van der Waals surface area (Å²) < 4.78 is 14.0. The number of hydrogen-bond acceptors (Lipinski definition) is 1. The Bertz CT molecular complexity index is 323. The van der Waals surface area contributed by atoms with Crippen LogP contribution in [0.25, 0.3) is 0 Å². The number of benzene rings is 1. The molecule has 0 heterocycles. The molecule has 1 atom stereocenters. The van der Waals surface area contributed by atoms with Gasteiger partial charge in [-0.15, -0.1) is 0 Å². The minimum absolute atomic E-state index is 0.267. The second kappa shape index (κ2) is 3.39. The molecule has 2 rings (SSSR count). The zero-order valence-electron chi connectivity index (χ0n) is 7.00. The van der Waals surface area contributed by atoms with Crippen molar-refractivity contribution in [2.75, 3.05) is 0 Å². The molecule has 0 amide bonds. The Hall–Kier alpha value is -0.410. The predicted molar refractivity (Wildman–Crippen MR) is 51.8 cm³/mol. The van der Waals surface area contributed by atoms with Gasteiger partial charge in [-0.2, -0.15) is 0 Å². The van der Waals surface area contributed by atoms with Crippen LogP contribution in [0.1, 0.15) is 24.5 Å². The number of aliphatic hydroxyl groups excluding tert-OH is 1. The zero-order valence-corrected chi connectivity index (χ0v) is 8.59. The minimum Gasteiger partial charge on any atom is -0.388 e. The van der Waals surface area contributed by atoms with Crippen molar-refractivity contribution in [2.45, 2.75) is 18.9 Å². The molecule has 1 aromatic carbocycles. The van der Waals surface area contributed by atoms with Crippen LogP contribution in [0.4, 0.5) is 4.39 Å². The maximum Gasteiger partial charge on any atom is 0.129 e. The monoisotopic (exact) mass is 244 g/mol. The number of aliphatic hydroxyl groups is 1. The standard InChI is InChI=1S/C10H10BrFO/c11-7-3-4-9(12)8(5-7)10(13)6-1-2-6/h3-6,10,13H,1-2H2. The maximum absolute atomic E-state index is 13.2. The van der Waals surface area contributed by atoms with Gasteiger partial charge in [-0.05, 0) is 37.0 Å². The minimum atomic E-state index is -0.627. The number of hydrogen-bond donors (Lipinski definition) is 1. The van der Waals surface area contributed by atoms with Crippen LogP contribution in [0, 0.1) is 11.7 Å². The summed E-state index contributed by atoms with van der Waals surface area (Å²) in [5.74, 6) is -0.0496. The van der Waals surface area contributed by atoms with E-state index < -0.39 is 6.10 Å². The first-order valence-corrected chi connectivity index (χ1v) is 5.11. The Morgan fingerprint density at radius 1 is 1.46 bits per heavy atom. The highest BCUT2D eigenvalue weighted by atomic mass is 79.9. The first-order valence-electron chi connectivity index (χ1n) is 4.31. The molecular weight excluding hydrogens is 235 g/mol. The van der Waals surface area contributed by atoms with E-state index in [1.54, 1.807) is 12.1 Å².